The van der Waals surface area contributed by atoms with Crippen LogP contribution >= 0.6 is 0 Å². The number of rotatable bonds is 7. The van der Waals surface area contributed by atoms with E-state index in [9.17, 15) is 31.5 Å². The van der Waals surface area contributed by atoms with Crippen LogP contribution in [0.2, 0.25) is 0 Å². The molecule has 8 nitrogen and oxygen atoms in total. The quantitative estimate of drug-likeness (QED) is 0.488. The Labute approximate surface area is 167 Å². The monoisotopic (exact) mass is 438 g/mol. The highest BCUT2D eigenvalue weighted by molar-refractivity contribution is 5.92. The molecule has 0 saturated carbocycles. The Balaban J connectivity index is 2.67. The van der Waals surface area contributed by atoms with Crippen LogP contribution in [0.1, 0.15) is 43.9 Å². The Bertz CT molecular complexity index is 984. The molecule has 0 unspecified atom stereocenters. The first-order valence-corrected chi connectivity index (χ1v) is 8.80. The number of carbonyl (C=O) groups excluding carboxylic acids is 1. The Hall–Kier alpha value is -2.99. The van der Waals surface area contributed by atoms with Crippen molar-refractivity contribution in [3.8, 4) is 11.7 Å². The summed E-state index contributed by atoms with van der Waals surface area (Å²) in [5, 5.41) is 3.62. The summed E-state index contributed by atoms with van der Waals surface area (Å²) in [6.07, 6.45) is -7.90. The zero-order chi connectivity index (χ0) is 22.8. The lowest BCUT2D eigenvalue weighted by molar-refractivity contribution is -0.190. The van der Waals surface area contributed by atoms with Crippen LogP contribution in [-0.4, -0.2) is 43.7 Å². The zero-order valence-corrected chi connectivity index (χ0v) is 16.5. The topological polar surface area (TPSA) is 88.2 Å². The second-order valence-corrected chi connectivity index (χ2v) is 6.39. The fraction of sp³-hybridized carbons (Fsp3) is 0.529. The van der Waals surface area contributed by atoms with Crippen molar-refractivity contribution in [1.29, 1.82) is 0 Å². The Morgan fingerprint density at radius 1 is 1.27 bits per heavy atom. The Morgan fingerprint density at radius 2 is 1.90 bits per heavy atom. The summed E-state index contributed by atoms with van der Waals surface area (Å²) < 4.78 is 77.5. The van der Waals surface area contributed by atoms with Gasteiger partial charge in [0.2, 0.25) is 5.88 Å². The second kappa shape index (κ2) is 8.79. The van der Waals surface area contributed by atoms with E-state index in [1.165, 1.54) is 20.8 Å². The lowest BCUT2D eigenvalue weighted by atomic mass is 10.2. The smallest absolute Gasteiger partial charge is 0.425 e. The Kier molecular flexibility index (Phi) is 6.83. The minimum Gasteiger partial charge on any atom is -0.464 e. The van der Waals surface area contributed by atoms with Gasteiger partial charge in [0.1, 0.15) is 12.2 Å². The molecule has 0 saturated heterocycles. The molecule has 166 valence electrons. The van der Waals surface area contributed by atoms with Crippen molar-refractivity contribution in [3.63, 3.8) is 0 Å². The second-order valence-electron chi connectivity index (χ2n) is 6.39. The molecule has 13 heteroatoms. The number of alkyl halides is 4. The highest BCUT2D eigenvalue weighted by Crippen LogP contribution is 2.28. The summed E-state index contributed by atoms with van der Waals surface area (Å²) >= 11 is 0. The van der Waals surface area contributed by atoms with Crippen molar-refractivity contribution < 1.29 is 36.2 Å². The summed E-state index contributed by atoms with van der Waals surface area (Å²) in [7, 11) is 0. The Morgan fingerprint density at radius 3 is 2.37 bits per heavy atom. The summed E-state index contributed by atoms with van der Waals surface area (Å²) in [6, 6.07) is 0.526. The van der Waals surface area contributed by atoms with E-state index in [1.807, 2.05) is 0 Å². The van der Waals surface area contributed by atoms with Gasteiger partial charge in [0.25, 0.3) is 0 Å². The van der Waals surface area contributed by atoms with Gasteiger partial charge in [-0.2, -0.15) is 22.8 Å². The van der Waals surface area contributed by atoms with Crippen molar-refractivity contribution in [1.82, 2.24) is 19.3 Å². The number of pyridine rings is 1. The third-order valence-electron chi connectivity index (χ3n) is 3.81. The van der Waals surface area contributed by atoms with Gasteiger partial charge >= 0.3 is 17.8 Å². The van der Waals surface area contributed by atoms with E-state index < -0.39 is 59.8 Å². The van der Waals surface area contributed by atoms with E-state index in [2.05, 4.69) is 10.1 Å². The van der Waals surface area contributed by atoms with Crippen molar-refractivity contribution >= 4 is 5.97 Å². The van der Waals surface area contributed by atoms with Crippen LogP contribution in [0.25, 0.3) is 5.82 Å². The lowest BCUT2D eigenvalue weighted by Gasteiger charge is -2.19. The van der Waals surface area contributed by atoms with Crippen LogP contribution in [0.3, 0.4) is 0 Å². The highest BCUT2D eigenvalue weighted by atomic mass is 19.4. The van der Waals surface area contributed by atoms with Gasteiger partial charge in [-0.05, 0) is 33.8 Å². The normalized spacial score (nSPS) is 12.9. The van der Waals surface area contributed by atoms with E-state index in [1.54, 1.807) is 0 Å². The van der Waals surface area contributed by atoms with Gasteiger partial charge in [0.05, 0.1) is 6.10 Å². The molecule has 0 N–H and O–H groups in total. The van der Waals surface area contributed by atoms with Gasteiger partial charge in [-0.25, -0.2) is 18.4 Å². The molecule has 0 aliphatic carbocycles. The third-order valence-corrected chi connectivity index (χ3v) is 3.81. The van der Waals surface area contributed by atoms with Gasteiger partial charge in [-0.3, -0.25) is 4.57 Å². The molecular weight excluding hydrogens is 419 g/mol. The average molecular weight is 438 g/mol. The van der Waals surface area contributed by atoms with Crippen molar-refractivity contribution in [2.24, 2.45) is 0 Å². The standard InChI is InChI=1S/C17H19F5N4O4/c1-5-25-12(7-18)24-26(16(25)28)13-11(19)6-10(15(27)29-8(2)3)14(23-13)30-9(4)17(20,21)22/h6,8-9H,5,7H2,1-4H3/t9-/m0/s1. The van der Waals surface area contributed by atoms with Gasteiger partial charge in [0, 0.05) is 6.54 Å². The van der Waals surface area contributed by atoms with Crippen LogP contribution in [0.15, 0.2) is 10.9 Å². The molecule has 0 fully saturated rings. The maximum absolute atomic E-state index is 14.7. The molecule has 0 aromatic carbocycles. The van der Waals surface area contributed by atoms with E-state index >= 15 is 0 Å². The molecule has 0 radical (unpaired) electrons. The predicted octanol–water partition coefficient (Wildman–Crippen LogP) is 2.95. The zero-order valence-electron chi connectivity index (χ0n) is 16.5. The number of ether oxygens (including phenoxy) is 2. The van der Waals surface area contributed by atoms with Crippen molar-refractivity contribution in [3.05, 3.63) is 33.8 Å². The first kappa shape index (κ1) is 23.3. The number of halogens is 5. The minimum atomic E-state index is -4.82. The molecule has 0 amide bonds. The van der Waals surface area contributed by atoms with E-state index in [4.69, 9.17) is 9.47 Å². The third kappa shape index (κ3) is 4.76. The molecule has 0 aliphatic rings. The van der Waals surface area contributed by atoms with Gasteiger partial charge < -0.3 is 9.47 Å². The van der Waals surface area contributed by atoms with Gasteiger partial charge in [-0.1, -0.05) is 0 Å². The van der Waals surface area contributed by atoms with Crippen LogP contribution < -0.4 is 10.4 Å². The predicted molar refractivity (Wildman–Crippen MR) is 92.8 cm³/mol. The fourth-order valence-corrected chi connectivity index (χ4v) is 2.35. The summed E-state index contributed by atoms with van der Waals surface area (Å²) in [6.45, 7) is 3.98. The van der Waals surface area contributed by atoms with Gasteiger partial charge in [-0.15, -0.1) is 5.10 Å². The highest BCUT2D eigenvalue weighted by Gasteiger charge is 2.39. The van der Waals surface area contributed by atoms with E-state index in [-0.39, 0.29) is 12.4 Å². The molecule has 0 bridgehead atoms. The fourth-order valence-electron chi connectivity index (χ4n) is 2.35. The first-order chi connectivity index (χ1) is 13.9. The maximum atomic E-state index is 14.7. The summed E-state index contributed by atoms with van der Waals surface area (Å²) in [5.41, 5.74) is -1.68. The largest absolute Gasteiger partial charge is 0.464 e. The van der Waals surface area contributed by atoms with Crippen LogP contribution in [0.4, 0.5) is 22.0 Å². The number of nitrogens with zero attached hydrogens (tertiary/aromatic N) is 4. The SMILES string of the molecule is CCn1c(CF)nn(-c2nc(O[C@@H](C)C(F)(F)F)c(C(=O)OC(C)C)cc2F)c1=O. The number of hydrogen-bond donors (Lipinski definition) is 0. The number of aromatic nitrogens is 4. The van der Waals surface area contributed by atoms with Crippen LogP contribution in [0, 0.1) is 5.82 Å². The van der Waals surface area contributed by atoms with Crippen molar-refractivity contribution in [2.75, 3.05) is 0 Å². The van der Waals surface area contributed by atoms with Crippen LogP contribution in [0.5, 0.6) is 5.88 Å². The maximum Gasteiger partial charge on any atom is 0.425 e. The number of esters is 1. The molecule has 1 atom stereocenters. The lowest BCUT2D eigenvalue weighted by Crippen LogP contribution is -2.32. The molecule has 30 heavy (non-hydrogen) atoms. The van der Waals surface area contributed by atoms with Crippen LogP contribution in [-0.2, 0) is 18.0 Å². The molecule has 2 aromatic heterocycles. The molecule has 0 aliphatic heterocycles. The minimum absolute atomic E-state index is 0.00691. The molecule has 2 rings (SSSR count). The molecular formula is C17H19F5N4O4. The molecule has 2 aromatic rings. The van der Waals surface area contributed by atoms with E-state index in [0.717, 1.165) is 4.57 Å². The molecule has 2 heterocycles. The first-order valence-electron chi connectivity index (χ1n) is 8.80. The summed E-state index contributed by atoms with van der Waals surface area (Å²) in [5.74, 6) is -4.55. The number of hydrogen-bond acceptors (Lipinski definition) is 6. The number of carbonyl (C=O) groups is 1. The molecule has 0 spiro atoms. The average Bonchev–Trinajstić information content (AvgIpc) is 2.96. The van der Waals surface area contributed by atoms with E-state index in [0.29, 0.717) is 17.7 Å². The summed E-state index contributed by atoms with van der Waals surface area (Å²) in [4.78, 5) is 28.1. The van der Waals surface area contributed by atoms with Crippen molar-refractivity contribution in [2.45, 2.75) is 59.3 Å². The van der Waals surface area contributed by atoms with Gasteiger partial charge in [0.15, 0.2) is 23.6 Å².